The minimum atomic E-state index is -3.31. The topological polar surface area (TPSA) is 60.7 Å². The molecule has 0 N–H and O–H groups in total. The molecule has 2 aromatic heterocycles. The van der Waals surface area contributed by atoms with Crippen molar-refractivity contribution < 1.29 is 17.5 Å². The van der Waals surface area contributed by atoms with Crippen molar-refractivity contribution in [2.24, 2.45) is 0 Å². The van der Waals surface area contributed by atoms with Gasteiger partial charge in [-0.25, -0.2) is 17.8 Å². The molecule has 0 spiro atoms. The summed E-state index contributed by atoms with van der Waals surface area (Å²) in [6, 6.07) is 17.7. The smallest absolute Gasteiger partial charge is 0.175 e. The summed E-state index contributed by atoms with van der Waals surface area (Å²) in [5.74, 6) is -0.412. The van der Waals surface area contributed by atoms with Gasteiger partial charge >= 0.3 is 0 Å². The predicted octanol–water partition coefficient (Wildman–Crippen LogP) is 4.21. The van der Waals surface area contributed by atoms with Crippen LogP contribution in [-0.2, 0) is 21.2 Å². The SMILES string of the molecule is CS(=O)(=O)c1ccc(-c2cn3c4c(nc3cc2F)COCC4c2ccccc2)cc1. The normalized spacial score (nSPS) is 16.5. The van der Waals surface area contributed by atoms with Gasteiger partial charge in [-0.3, -0.25) is 0 Å². The van der Waals surface area contributed by atoms with Gasteiger partial charge in [0, 0.05) is 24.1 Å². The third kappa shape index (κ3) is 3.20. The summed E-state index contributed by atoms with van der Waals surface area (Å²) in [6.45, 7) is 0.918. The third-order valence-corrected chi connectivity index (χ3v) is 6.60. The van der Waals surface area contributed by atoms with Crippen molar-refractivity contribution in [3.63, 3.8) is 0 Å². The number of rotatable bonds is 3. The Balaban J connectivity index is 1.67. The molecular weight excluding hydrogens is 403 g/mol. The molecule has 1 atom stereocenters. The summed E-state index contributed by atoms with van der Waals surface area (Å²) in [7, 11) is -3.31. The fourth-order valence-corrected chi connectivity index (χ4v) is 4.62. The third-order valence-electron chi connectivity index (χ3n) is 5.47. The number of aromatic nitrogens is 2. The number of ether oxygens (including phenoxy) is 1. The number of fused-ring (bicyclic) bond motifs is 3. The zero-order chi connectivity index (χ0) is 20.9. The minimum Gasteiger partial charge on any atom is -0.374 e. The maximum Gasteiger partial charge on any atom is 0.175 e. The van der Waals surface area contributed by atoms with Crippen molar-refractivity contribution >= 4 is 15.5 Å². The Kier molecular flexibility index (Phi) is 4.45. The number of sulfone groups is 1. The van der Waals surface area contributed by atoms with Gasteiger partial charge in [-0.2, -0.15) is 0 Å². The van der Waals surface area contributed by atoms with Crippen molar-refractivity contribution in [2.75, 3.05) is 12.9 Å². The van der Waals surface area contributed by atoms with Crippen molar-refractivity contribution in [3.8, 4) is 11.1 Å². The number of imidazole rings is 1. The highest BCUT2D eigenvalue weighted by molar-refractivity contribution is 7.90. The van der Waals surface area contributed by atoms with Gasteiger partial charge < -0.3 is 9.14 Å². The van der Waals surface area contributed by atoms with E-state index in [-0.39, 0.29) is 10.8 Å². The molecule has 5 rings (SSSR count). The second-order valence-corrected chi connectivity index (χ2v) is 9.50. The van der Waals surface area contributed by atoms with Crippen molar-refractivity contribution in [1.29, 1.82) is 0 Å². The van der Waals surface area contributed by atoms with Crippen LogP contribution in [0.3, 0.4) is 0 Å². The maximum atomic E-state index is 14.9. The Morgan fingerprint density at radius 2 is 1.83 bits per heavy atom. The minimum absolute atomic E-state index is 0.00382. The van der Waals surface area contributed by atoms with E-state index in [1.165, 1.54) is 18.2 Å². The Labute approximate surface area is 173 Å². The Morgan fingerprint density at radius 1 is 1.10 bits per heavy atom. The van der Waals surface area contributed by atoms with E-state index < -0.39 is 15.7 Å². The van der Waals surface area contributed by atoms with E-state index in [0.717, 1.165) is 23.2 Å². The van der Waals surface area contributed by atoms with Gasteiger partial charge in [0.1, 0.15) is 11.5 Å². The summed E-state index contributed by atoms with van der Waals surface area (Å²) in [5.41, 5.74) is 4.44. The van der Waals surface area contributed by atoms with Crippen LogP contribution >= 0.6 is 0 Å². The lowest BCUT2D eigenvalue weighted by atomic mass is 9.93. The Morgan fingerprint density at radius 3 is 2.53 bits per heavy atom. The zero-order valence-corrected chi connectivity index (χ0v) is 17.1. The van der Waals surface area contributed by atoms with Crippen LogP contribution in [-0.4, -0.2) is 30.7 Å². The number of halogens is 1. The number of benzene rings is 2. The fourth-order valence-electron chi connectivity index (χ4n) is 3.99. The zero-order valence-electron chi connectivity index (χ0n) is 16.2. The van der Waals surface area contributed by atoms with Crippen molar-refractivity contribution in [3.05, 3.63) is 89.6 Å². The Hall–Kier alpha value is -3.03. The van der Waals surface area contributed by atoms with E-state index in [1.54, 1.807) is 18.3 Å². The maximum absolute atomic E-state index is 14.9. The predicted molar refractivity (Wildman–Crippen MR) is 112 cm³/mol. The van der Waals surface area contributed by atoms with Crippen LogP contribution in [0.15, 0.2) is 71.8 Å². The molecule has 0 bridgehead atoms. The highest BCUT2D eigenvalue weighted by Crippen LogP contribution is 2.34. The first-order valence-electron chi connectivity index (χ1n) is 9.55. The first-order chi connectivity index (χ1) is 14.4. The average Bonchev–Trinajstić information content (AvgIpc) is 3.10. The van der Waals surface area contributed by atoms with Crippen LogP contribution in [0, 0.1) is 5.82 Å². The molecule has 1 aliphatic heterocycles. The van der Waals surface area contributed by atoms with Gasteiger partial charge in [-0.05, 0) is 23.3 Å². The Bertz CT molecular complexity index is 1350. The van der Waals surface area contributed by atoms with Gasteiger partial charge in [0.05, 0.1) is 35.4 Å². The number of pyridine rings is 1. The fraction of sp³-hybridized carbons (Fsp3) is 0.174. The molecule has 30 heavy (non-hydrogen) atoms. The summed E-state index contributed by atoms with van der Waals surface area (Å²) < 4.78 is 46.0. The largest absolute Gasteiger partial charge is 0.374 e. The van der Waals surface area contributed by atoms with Gasteiger partial charge in [-0.15, -0.1) is 0 Å². The summed E-state index contributed by atoms with van der Waals surface area (Å²) in [6.07, 6.45) is 2.89. The lowest BCUT2D eigenvalue weighted by Crippen LogP contribution is -2.19. The molecule has 1 aliphatic rings. The highest BCUT2D eigenvalue weighted by Gasteiger charge is 2.28. The number of nitrogens with zero attached hydrogens (tertiary/aromatic N) is 2. The molecule has 0 aliphatic carbocycles. The molecule has 0 amide bonds. The number of hydrogen-bond donors (Lipinski definition) is 0. The van der Waals surface area contributed by atoms with Gasteiger partial charge in [-0.1, -0.05) is 42.5 Å². The van der Waals surface area contributed by atoms with E-state index >= 15 is 0 Å². The first kappa shape index (κ1) is 19.0. The molecule has 2 aromatic carbocycles. The van der Waals surface area contributed by atoms with Crippen LogP contribution in [0.25, 0.3) is 16.8 Å². The summed E-state index contributed by atoms with van der Waals surface area (Å²) >= 11 is 0. The van der Waals surface area contributed by atoms with Gasteiger partial charge in [0.15, 0.2) is 9.84 Å². The van der Waals surface area contributed by atoms with Gasteiger partial charge in [0.2, 0.25) is 0 Å². The molecular formula is C23H19FN2O3S. The summed E-state index contributed by atoms with van der Waals surface area (Å²) in [5, 5.41) is 0. The highest BCUT2D eigenvalue weighted by atomic mass is 32.2. The molecule has 4 aromatic rings. The monoisotopic (exact) mass is 422 g/mol. The standard InChI is InChI=1S/C23H19FN2O3S/c1-30(27,28)17-9-7-16(8-10-17)18-12-26-22(11-20(18)24)25-21-14-29-13-19(23(21)26)15-5-3-2-4-6-15/h2-12,19H,13-14H2,1H3. The molecule has 0 radical (unpaired) electrons. The first-order valence-corrected chi connectivity index (χ1v) is 11.4. The lowest BCUT2D eigenvalue weighted by Gasteiger charge is -2.23. The quantitative estimate of drug-likeness (QED) is 0.496. The molecule has 0 saturated heterocycles. The van der Waals surface area contributed by atoms with Gasteiger partial charge in [0.25, 0.3) is 0 Å². The van der Waals surface area contributed by atoms with Crippen LogP contribution < -0.4 is 0 Å². The van der Waals surface area contributed by atoms with Crippen molar-refractivity contribution in [2.45, 2.75) is 17.4 Å². The molecule has 3 heterocycles. The molecule has 0 fully saturated rings. The van der Waals surface area contributed by atoms with E-state index in [9.17, 15) is 12.8 Å². The van der Waals surface area contributed by atoms with Crippen LogP contribution in [0.5, 0.6) is 0 Å². The molecule has 1 unspecified atom stereocenters. The molecule has 5 nitrogen and oxygen atoms in total. The van der Waals surface area contributed by atoms with Crippen LogP contribution in [0.4, 0.5) is 4.39 Å². The molecule has 7 heteroatoms. The van der Waals surface area contributed by atoms with E-state index in [0.29, 0.717) is 30.0 Å². The van der Waals surface area contributed by atoms with Crippen LogP contribution in [0.2, 0.25) is 0 Å². The second kappa shape index (κ2) is 7.04. The van der Waals surface area contributed by atoms with Crippen LogP contribution in [0.1, 0.15) is 22.9 Å². The molecule has 152 valence electrons. The average molecular weight is 422 g/mol. The lowest BCUT2D eigenvalue weighted by molar-refractivity contribution is 0.0955. The van der Waals surface area contributed by atoms with E-state index in [4.69, 9.17) is 4.74 Å². The second-order valence-electron chi connectivity index (χ2n) is 7.48. The van der Waals surface area contributed by atoms with Crippen molar-refractivity contribution in [1.82, 2.24) is 9.38 Å². The van der Waals surface area contributed by atoms with E-state index in [1.807, 2.05) is 22.6 Å². The summed E-state index contributed by atoms with van der Waals surface area (Å²) in [4.78, 5) is 4.79. The van der Waals surface area contributed by atoms with E-state index in [2.05, 4.69) is 17.1 Å². The number of hydrogen-bond acceptors (Lipinski definition) is 4. The molecule has 0 saturated carbocycles.